The molecule has 1 unspecified atom stereocenters. The zero-order valence-corrected chi connectivity index (χ0v) is 10.7. The highest BCUT2D eigenvalue weighted by molar-refractivity contribution is 5.80. The highest BCUT2D eigenvalue weighted by atomic mass is 16.4. The Kier molecular flexibility index (Phi) is 4.07. The van der Waals surface area contributed by atoms with Gasteiger partial charge in [-0.15, -0.1) is 0 Å². The van der Waals surface area contributed by atoms with Crippen molar-refractivity contribution < 1.29 is 9.90 Å². The standard InChI is InChI=1S/C14H20N2O2/c1-11(14(17)18)15-12-7-3-4-8-13(12)16-9-5-2-6-10-16/h3-4,7-8,11,15H,2,5-6,9-10H2,1H3,(H,17,18). The second-order valence-electron chi connectivity index (χ2n) is 4.77. The van der Waals surface area contributed by atoms with E-state index in [9.17, 15) is 4.79 Å². The van der Waals surface area contributed by atoms with Crippen molar-refractivity contribution in [2.75, 3.05) is 23.3 Å². The number of piperidine rings is 1. The van der Waals surface area contributed by atoms with Gasteiger partial charge in [-0.05, 0) is 38.3 Å². The maximum atomic E-state index is 10.9. The number of hydrogen-bond acceptors (Lipinski definition) is 3. The highest BCUT2D eigenvalue weighted by Crippen LogP contribution is 2.28. The lowest BCUT2D eigenvalue weighted by Gasteiger charge is -2.31. The summed E-state index contributed by atoms with van der Waals surface area (Å²) in [5.41, 5.74) is 2.03. The number of nitrogens with zero attached hydrogens (tertiary/aromatic N) is 1. The van der Waals surface area contributed by atoms with Crippen molar-refractivity contribution in [3.63, 3.8) is 0 Å². The van der Waals surface area contributed by atoms with E-state index in [2.05, 4.69) is 16.3 Å². The highest BCUT2D eigenvalue weighted by Gasteiger charge is 2.17. The summed E-state index contributed by atoms with van der Waals surface area (Å²) >= 11 is 0. The zero-order valence-electron chi connectivity index (χ0n) is 10.7. The second kappa shape index (κ2) is 5.76. The molecule has 1 heterocycles. The summed E-state index contributed by atoms with van der Waals surface area (Å²) < 4.78 is 0. The molecule has 0 amide bonds. The summed E-state index contributed by atoms with van der Waals surface area (Å²) in [6.45, 7) is 3.77. The van der Waals surface area contributed by atoms with E-state index in [4.69, 9.17) is 5.11 Å². The van der Waals surface area contributed by atoms with Crippen molar-refractivity contribution in [1.29, 1.82) is 0 Å². The molecule has 0 spiro atoms. The van der Waals surface area contributed by atoms with Gasteiger partial charge in [0, 0.05) is 13.1 Å². The van der Waals surface area contributed by atoms with Gasteiger partial charge in [0.25, 0.3) is 0 Å². The van der Waals surface area contributed by atoms with Crippen molar-refractivity contribution in [3.8, 4) is 0 Å². The summed E-state index contributed by atoms with van der Waals surface area (Å²) in [4.78, 5) is 13.2. The van der Waals surface area contributed by atoms with E-state index in [0.717, 1.165) is 24.5 Å². The first-order chi connectivity index (χ1) is 8.68. The van der Waals surface area contributed by atoms with Crippen LogP contribution >= 0.6 is 0 Å². The monoisotopic (exact) mass is 248 g/mol. The molecule has 0 radical (unpaired) electrons. The van der Waals surface area contributed by atoms with Crippen LogP contribution in [0.15, 0.2) is 24.3 Å². The Balaban J connectivity index is 2.16. The van der Waals surface area contributed by atoms with Gasteiger partial charge >= 0.3 is 5.97 Å². The number of aliphatic carboxylic acids is 1. The molecule has 1 aromatic carbocycles. The Morgan fingerprint density at radius 3 is 2.61 bits per heavy atom. The number of carboxylic acids is 1. The van der Waals surface area contributed by atoms with Gasteiger partial charge in [-0.3, -0.25) is 4.79 Å². The number of carbonyl (C=O) groups is 1. The molecule has 2 rings (SSSR count). The van der Waals surface area contributed by atoms with Crippen LogP contribution in [0, 0.1) is 0 Å². The molecule has 18 heavy (non-hydrogen) atoms. The largest absolute Gasteiger partial charge is 0.480 e. The Bertz CT molecular complexity index is 414. The maximum absolute atomic E-state index is 10.9. The fraction of sp³-hybridized carbons (Fsp3) is 0.500. The summed E-state index contributed by atoms with van der Waals surface area (Å²) in [6.07, 6.45) is 3.71. The number of hydrogen-bond donors (Lipinski definition) is 2. The fourth-order valence-electron chi connectivity index (χ4n) is 2.30. The molecular formula is C14H20N2O2. The van der Waals surface area contributed by atoms with Crippen LogP contribution in [0.1, 0.15) is 26.2 Å². The number of para-hydroxylation sites is 2. The third-order valence-electron chi connectivity index (χ3n) is 3.34. The first-order valence-corrected chi connectivity index (χ1v) is 6.52. The second-order valence-corrected chi connectivity index (χ2v) is 4.77. The van der Waals surface area contributed by atoms with Crippen LogP contribution in [0.5, 0.6) is 0 Å². The van der Waals surface area contributed by atoms with Gasteiger partial charge in [-0.1, -0.05) is 12.1 Å². The van der Waals surface area contributed by atoms with Crippen molar-refractivity contribution in [2.45, 2.75) is 32.2 Å². The Morgan fingerprint density at radius 2 is 1.94 bits per heavy atom. The maximum Gasteiger partial charge on any atom is 0.325 e. The molecule has 0 bridgehead atoms. The molecule has 4 nitrogen and oxygen atoms in total. The third-order valence-corrected chi connectivity index (χ3v) is 3.34. The zero-order chi connectivity index (χ0) is 13.0. The van der Waals surface area contributed by atoms with Crippen LogP contribution in [-0.4, -0.2) is 30.2 Å². The Morgan fingerprint density at radius 1 is 1.28 bits per heavy atom. The van der Waals surface area contributed by atoms with Crippen LogP contribution in [0.2, 0.25) is 0 Å². The van der Waals surface area contributed by atoms with Crippen LogP contribution in [0.25, 0.3) is 0 Å². The molecule has 98 valence electrons. The normalized spacial score (nSPS) is 17.3. The minimum absolute atomic E-state index is 0.573. The summed E-state index contributed by atoms with van der Waals surface area (Å²) in [5.74, 6) is -0.830. The Labute approximate surface area is 108 Å². The van der Waals surface area contributed by atoms with Gasteiger partial charge in [-0.25, -0.2) is 0 Å². The molecule has 4 heteroatoms. The first kappa shape index (κ1) is 12.7. The van der Waals surface area contributed by atoms with E-state index in [-0.39, 0.29) is 0 Å². The van der Waals surface area contributed by atoms with E-state index in [0.29, 0.717) is 0 Å². The number of nitrogens with one attached hydrogen (secondary N) is 1. The van der Waals surface area contributed by atoms with E-state index < -0.39 is 12.0 Å². The lowest BCUT2D eigenvalue weighted by atomic mass is 10.1. The molecule has 0 saturated carbocycles. The number of rotatable bonds is 4. The molecule has 1 aromatic rings. The van der Waals surface area contributed by atoms with Gasteiger partial charge < -0.3 is 15.3 Å². The SMILES string of the molecule is CC(Nc1ccccc1N1CCCCC1)C(=O)O. The van der Waals surface area contributed by atoms with Crippen LogP contribution in [-0.2, 0) is 4.79 Å². The molecule has 1 saturated heterocycles. The molecular weight excluding hydrogens is 228 g/mol. The summed E-state index contributed by atoms with van der Waals surface area (Å²) in [6, 6.07) is 7.37. The number of anilines is 2. The Hall–Kier alpha value is -1.71. The lowest BCUT2D eigenvalue weighted by Crippen LogP contribution is -2.31. The van der Waals surface area contributed by atoms with Crippen LogP contribution in [0.3, 0.4) is 0 Å². The quantitative estimate of drug-likeness (QED) is 0.860. The number of carboxylic acid groups (broad SMARTS) is 1. The smallest absolute Gasteiger partial charge is 0.325 e. The average molecular weight is 248 g/mol. The molecule has 0 aliphatic carbocycles. The van der Waals surface area contributed by atoms with Crippen molar-refractivity contribution in [3.05, 3.63) is 24.3 Å². The molecule has 1 fully saturated rings. The van der Waals surface area contributed by atoms with Gasteiger partial charge in [-0.2, -0.15) is 0 Å². The summed E-state index contributed by atoms with van der Waals surface area (Å²) in [5, 5.41) is 12.0. The van der Waals surface area contributed by atoms with Crippen molar-refractivity contribution in [2.24, 2.45) is 0 Å². The van der Waals surface area contributed by atoms with Crippen molar-refractivity contribution in [1.82, 2.24) is 0 Å². The molecule has 2 N–H and O–H groups in total. The predicted octanol–water partition coefficient (Wildman–Crippen LogP) is 2.56. The van der Waals surface area contributed by atoms with Crippen molar-refractivity contribution >= 4 is 17.3 Å². The molecule has 1 atom stereocenters. The van der Waals surface area contributed by atoms with E-state index >= 15 is 0 Å². The first-order valence-electron chi connectivity index (χ1n) is 6.52. The minimum atomic E-state index is -0.830. The third kappa shape index (κ3) is 2.94. The average Bonchev–Trinajstić information content (AvgIpc) is 2.40. The topological polar surface area (TPSA) is 52.6 Å². The van der Waals surface area contributed by atoms with E-state index in [1.165, 1.54) is 19.3 Å². The minimum Gasteiger partial charge on any atom is -0.480 e. The van der Waals surface area contributed by atoms with E-state index in [1.54, 1.807) is 6.92 Å². The van der Waals surface area contributed by atoms with Crippen LogP contribution < -0.4 is 10.2 Å². The van der Waals surface area contributed by atoms with Gasteiger partial charge in [0.15, 0.2) is 0 Å². The summed E-state index contributed by atoms with van der Waals surface area (Å²) in [7, 11) is 0. The molecule has 0 aromatic heterocycles. The predicted molar refractivity (Wildman–Crippen MR) is 73.2 cm³/mol. The van der Waals surface area contributed by atoms with Gasteiger partial charge in [0.2, 0.25) is 0 Å². The fourth-order valence-corrected chi connectivity index (χ4v) is 2.30. The van der Waals surface area contributed by atoms with E-state index in [1.807, 2.05) is 18.2 Å². The molecule has 1 aliphatic heterocycles. The van der Waals surface area contributed by atoms with Gasteiger partial charge in [0.05, 0.1) is 11.4 Å². The molecule has 1 aliphatic rings. The number of benzene rings is 1. The lowest BCUT2D eigenvalue weighted by molar-refractivity contribution is -0.137. The van der Waals surface area contributed by atoms with Crippen LogP contribution in [0.4, 0.5) is 11.4 Å². The van der Waals surface area contributed by atoms with Gasteiger partial charge in [0.1, 0.15) is 6.04 Å².